The summed E-state index contributed by atoms with van der Waals surface area (Å²) in [5.74, 6) is -2.46. The van der Waals surface area contributed by atoms with Gasteiger partial charge in [0.25, 0.3) is 0 Å². The van der Waals surface area contributed by atoms with Crippen LogP contribution in [0.5, 0.6) is 0 Å². The molecule has 0 N–H and O–H groups in total. The third-order valence-electron chi connectivity index (χ3n) is 0.333. The Balaban J connectivity index is -0.000000107. The van der Waals surface area contributed by atoms with Gasteiger partial charge in [0.05, 0.1) is 11.9 Å². The van der Waals surface area contributed by atoms with Gasteiger partial charge in [-0.2, -0.15) is 0 Å². The molecule has 0 amide bonds. The molecule has 5 heteroatoms. The first kappa shape index (κ1) is 16.5. The van der Waals surface area contributed by atoms with Gasteiger partial charge in [-0.05, 0) is 12.2 Å². The predicted molar refractivity (Wildman–Crippen MR) is 39.0 cm³/mol. The molecule has 0 aromatic carbocycles. The molecule has 0 aliphatic heterocycles. The van der Waals surface area contributed by atoms with E-state index < -0.39 is 11.9 Å². The molecule has 11 heavy (non-hydrogen) atoms. The Hall–Kier alpha value is -1.04. The van der Waals surface area contributed by atoms with E-state index in [2.05, 4.69) is 13.2 Å². The third-order valence-corrected chi connectivity index (χ3v) is 0.333. The standard InChI is InChI=1S/2C3H4O2.GeH2/c2*1-2-3(4)5;/h2*2H,1H2,(H,4,5);1H2/q;;+2/p-2. The molecule has 0 aromatic heterocycles. The Bertz CT molecular complexity index is 135. The summed E-state index contributed by atoms with van der Waals surface area (Å²) in [6.45, 7) is 5.80. The topological polar surface area (TPSA) is 80.3 Å². The van der Waals surface area contributed by atoms with Gasteiger partial charge in [0, 0.05) is 0 Å². The van der Waals surface area contributed by atoms with E-state index in [1.807, 2.05) is 0 Å². The predicted octanol–water partition coefficient (Wildman–Crippen LogP) is -3.07. The van der Waals surface area contributed by atoms with Crippen molar-refractivity contribution < 1.29 is 19.8 Å². The van der Waals surface area contributed by atoms with Crippen LogP contribution in [0.3, 0.4) is 0 Å². The van der Waals surface area contributed by atoms with Crippen molar-refractivity contribution in [3.8, 4) is 0 Å². The minimum atomic E-state index is -1.23. The number of carbonyl (C=O) groups is 2. The Labute approximate surface area is 75.2 Å². The monoisotopic (exact) mass is 218 g/mol. The van der Waals surface area contributed by atoms with Crippen molar-refractivity contribution in [2.24, 2.45) is 0 Å². The zero-order valence-corrected chi connectivity index (χ0v) is 8.88. The first-order valence-corrected chi connectivity index (χ1v) is 2.21. The van der Waals surface area contributed by atoms with Crippen LogP contribution < -0.4 is 10.2 Å². The average molecular weight is 217 g/mol. The van der Waals surface area contributed by atoms with Crippen molar-refractivity contribution in [2.45, 2.75) is 0 Å². The summed E-state index contributed by atoms with van der Waals surface area (Å²) in [6.07, 6.45) is 1.44. The summed E-state index contributed by atoms with van der Waals surface area (Å²) >= 11 is 0. The molecule has 0 aromatic rings. The Kier molecular flexibility index (Phi) is 17.6. The molecular formula is C6H8GeO4. The number of aliphatic carboxylic acids is 2. The molecule has 0 atom stereocenters. The maximum atomic E-state index is 9.14. The molecule has 0 bridgehead atoms. The molecule has 0 saturated heterocycles. The second-order valence-electron chi connectivity index (χ2n) is 1.05. The molecule has 0 aliphatic rings. The fourth-order valence-electron chi connectivity index (χ4n) is 0. The second-order valence-corrected chi connectivity index (χ2v) is 1.05. The van der Waals surface area contributed by atoms with Crippen LogP contribution in [0, 0.1) is 0 Å². The van der Waals surface area contributed by atoms with Crippen molar-refractivity contribution in [3.05, 3.63) is 25.3 Å². The van der Waals surface area contributed by atoms with Gasteiger partial charge in [0.15, 0.2) is 0 Å². The summed E-state index contributed by atoms with van der Waals surface area (Å²) in [6, 6.07) is 0. The number of hydrogen-bond acceptors (Lipinski definition) is 4. The molecule has 0 saturated carbocycles. The van der Waals surface area contributed by atoms with Crippen molar-refractivity contribution in [2.75, 3.05) is 0 Å². The molecule has 0 unspecified atom stereocenters. The quantitative estimate of drug-likeness (QED) is 0.363. The van der Waals surface area contributed by atoms with Crippen LogP contribution in [0.25, 0.3) is 0 Å². The van der Waals surface area contributed by atoms with Gasteiger partial charge in [-0.3, -0.25) is 0 Å². The third kappa shape index (κ3) is 49.5. The van der Waals surface area contributed by atoms with Gasteiger partial charge in [-0.15, -0.1) is 0 Å². The number of carbonyl (C=O) groups excluding carboxylic acids is 2. The molecule has 0 spiro atoms. The van der Waals surface area contributed by atoms with Crippen LogP contribution in [0.2, 0.25) is 0 Å². The molecule has 60 valence electrons. The van der Waals surface area contributed by atoms with E-state index in [1.54, 1.807) is 0 Å². The molecule has 0 radical (unpaired) electrons. The van der Waals surface area contributed by atoms with Crippen LogP contribution in [0.15, 0.2) is 25.3 Å². The van der Waals surface area contributed by atoms with Gasteiger partial charge in [0.1, 0.15) is 0 Å². The van der Waals surface area contributed by atoms with E-state index in [1.165, 1.54) is 0 Å². The molecule has 0 aliphatic carbocycles. The second kappa shape index (κ2) is 11.7. The van der Waals surface area contributed by atoms with Crippen molar-refractivity contribution in [1.82, 2.24) is 0 Å². The summed E-state index contributed by atoms with van der Waals surface area (Å²) in [4.78, 5) is 18.3. The van der Waals surface area contributed by atoms with Gasteiger partial charge in [-0.1, -0.05) is 13.2 Å². The minimum absolute atomic E-state index is 0. The van der Waals surface area contributed by atoms with Crippen LogP contribution in [0.1, 0.15) is 0 Å². The first-order valence-electron chi connectivity index (χ1n) is 2.21. The number of hydrogen-bond donors (Lipinski definition) is 0. The molecular weight excluding hydrogens is 209 g/mol. The van der Waals surface area contributed by atoms with Crippen LogP contribution in [-0.4, -0.2) is 29.5 Å². The van der Waals surface area contributed by atoms with E-state index in [4.69, 9.17) is 19.8 Å². The van der Waals surface area contributed by atoms with Crippen LogP contribution in [-0.2, 0) is 9.59 Å². The van der Waals surface area contributed by atoms with E-state index in [-0.39, 0.29) is 17.6 Å². The summed E-state index contributed by atoms with van der Waals surface area (Å²) in [7, 11) is 0. The van der Waals surface area contributed by atoms with Crippen molar-refractivity contribution >= 4 is 29.5 Å². The zero-order chi connectivity index (χ0) is 8.57. The van der Waals surface area contributed by atoms with Gasteiger partial charge < -0.3 is 19.8 Å². The van der Waals surface area contributed by atoms with Crippen LogP contribution >= 0.6 is 0 Å². The fraction of sp³-hybridized carbons (Fsp3) is 0. The van der Waals surface area contributed by atoms with Crippen molar-refractivity contribution in [1.29, 1.82) is 0 Å². The molecule has 0 rings (SSSR count). The summed E-state index contributed by atoms with van der Waals surface area (Å²) in [5, 5.41) is 18.3. The molecule has 0 heterocycles. The Morgan fingerprint density at radius 1 is 1.00 bits per heavy atom. The van der Waals surface area contributed by atoms with Gasteiger partial charge in [-0.25, -0.2) is 0 Å². The van der Waals surface area contributed by atoms with E-state index in [0.717, 1.165) is 12.2 Å². The molecule has 0 fully saturated rings. The summed E-state index contributed by atoms with van der Waals surface area (Å²) < 4.78 is 0. The van der Waals surface area contributed by atoms with Crippen LogP contribution in [0.4, 0.5) is 0 Å². The van der Waals surface area contributed by atoms with E-state index in [9.17, 15) is 0 Å². The fourth-order valence-corrected chi connectivity index (χ4v) is 0. The molecule has 4 nitrogen and oxygen atoms in total. The first-order chi connectivity index (χ1) is 4.54. The Morgan fingerprint density at radius 2 is 1.09 bits per heavy atom. The SMILES string of the molecule is C=CC(=O)[O-].C=CC(=O)[O-].[GeH2+2]. The van der Waals surface area contributed by atoms with Gasteiger partial charge in [0.2, 0.25) is 0 Å². The maximum absolute atomic E-state index is 9.14. The normalized spacial score (nSPS) is 5.82. The number of carboxylic acid groups (broad SMARTS) is 2. The van der Waals surface area contributed by atoms with E-state index >= 15 is 0 Å². The Morgan fingerprint density at radius 3 is 1.09 bits per heavy atom. The zero-order valence-electron chi connectivity index (χ0n) is 5.91. The average Bonchev–Trinajstić information content (AvgIpc) is 1.89. The summed E-state index contributed by atoms with van der Waals surface area (Å²) in [5.41, 5.74) is 0. The van der Waals surface area contributed by atoms with Gasteiger partial charge >= 0.3 is 17.6 Å². The number of rotatable bonds is 2. The van der Waals surface area contributed by atoms with Crippen molar-refractivity contribution in [3.63, 3.8) is 0 Å². The number of carboxylic acids is 2. The van der Waals surface area contributed by atoms with E-state index in [0.29, 0.717) is 0 Å².